The van der Waals surface area contributed by atoms with Gasteiger partial charge in [-0.2, -0.15) is 10.1 Å². The molecule has 4 rings (SSSR count). The van der Waals surface area contributed by atoms with Crippen LogP contribution in [0.5, 0.6) is 0 Å². The second-order valence-corrected chi connectivity index (χ2v) is 6.46. The summed E-state index contributed by atoms with van der Waals surface area (Å²) in [7, 11) is 0. The third-order valence-corrected chi connectivity index (χ3v) is 4.52. The summed E-state index contributed by atoms with van der Waals surface area (Å²) in [5.41, 5.74) is 3.52. The fourth-order valence-corrected chi connectivity index (χ4v) is 3.20. The molecule has 1 aromatic carbocycles. The smallest absolute Gasteiger partial charge is 0.263 e. The van der Waals surface area contributed by atoms with Gasteiger partial charge in [0.1, 0.15) is 5.92 Å². The third kappa shape index (κ3) is 3.42. The maximum absolute atomic E-state index is 12.9. The molecule has 0 radical (unpaired) electrons. The van der Waals surface area contributed by atoms with E-state index >= 15 is 0 Å². The number of benzene rings is 1. The summed E-state index contributed by atoms with van der Waals surface area (Å²) in [6.07, 6.45) is 8.21. The van der Waals surface area contributed by atoms with Crippen molar-refractivity contribution in [3.05, 3.63) is 72.9 Å². The predicted molar refractivity (Wildman–Crippen MR) is 105 cm³/mol. The highest BCUT2D eigenvalue weighted by Gasteiger charge is 2.39. The van der Waals surface area contributed by atoms with Gasteiger partial charge in [0.05, 0.1) is 23.3 Å². The Morgan fingerprint density at radius 3 is 2.64 bits per heavy atom. The van der Waals surface area contributed by atoms with Crippen molar-refractivity contribution in [1.82, 2.24) is 15.0 Å². The van der Waals surface area contributed by atoms with Gasteiger partial charge in [-0.3, -0.25) is 24.5 Å². The van der Waals surface area contributed by atoms with Gasteiger partial charge in [0.2, 0.25) is 0 Å². The number of pyridine rings is 1. The number of hydrazone groups is 1. The van der Waals surface area contributed by atoms with Gasteiger partial charge in [-0.15, -0.1) is 0 Å². The molecule has 3 aromatic rings. The quantitative estimate of drug-likeness (QED) is 0.644. The second kappa shape index (κ2) is 7.48. The molecular weight excluding hydrogens is 354 g/mol. The van der Waals surface area contributed by atoms with Gasteiger partial charge >= 0.3 is 0 Å². The first-order valence-electron chi connectivity index (χ1n) is 8.80. The van der Waals surface area contributed by atoms with Crippen LogP contribution in [-0.4, -0.2) is 32.4 Å². The number of Topliss-reactive ketones (excluding diaryl/α,β-unsaturated/α-hetero) is 1. The highest BCUT2D eigenvalue weighted by atomic mass is 16.2. The van der Waals surface area contributed by atoms with E-state index in [1.807, 2.05) is 24.3 Å². The molecule has 0 N–H and O–H groups in total. The van der Waals surface area contributed by atoms with Crippen molar-refractivity contribution in [3.8, 4) is 11.3 Å². The molecular formula is C21H17N5O2. The summed E-state index contributed by atoms with van der Waals surface area (Å²) < 4.78 is 0. The fraction of sp³-hybridized carbons (Fsp3) is 0.143. The molecule has 0 saturated carbocycles. The van der Waals surface area contributed by atoms with Crippen molar-refractivity contribution in [1.29, 1.82) is 0 Å². The van der Waals surface area contributed by atoms with Crippen LogP contribution >= 0.6 is 0 Å². The maximum Gasteiger partial charge on any atom is 0.263 e. The molecule has 0 aliphatic carbocycles. The lowest BCUT2D eigenvalue weighted by molar-refractivity contribution is -0.128. The topological polar surface area (TPSA) is 88.4 Å². The van der Waals surface area contributed by atoms with E-state index in [0.29, 0.717) is 11.4 Å². The Hall–Kier alpha value is -3.74. The Morgan fingerprint density at radius 1 is 1.07 bits per heavy atom. The van der Waals surface area contributed by atoms with Crippen molar-refractivity contribution < 1.29 is 9.59 Å². The van der Waals surface area contributed by atoms with Gasteiger partial charge in [-0.1, -0.05) is 18.2 Å². The number of hydrogen-bond donors (Lipinski definition) is 0. The van der Waals surface area contributed by atoms with Crippen molar-refractivity contribution in [3.63, 3.8) is 0 Å². The SMILES string of the molecule is CC1=NN(c2ccncc2)C(=O)C1C(=O)Cc1cccc(-c2cnccn2)c1. The summed E-state index contributed by atoms with van der Waals surface area (Å²) in [4.78, 5) is 38.0. The molecule has 138 valence electrons. The van der Waals surface area contributed by atoms with Crippen LogP contribution < -0.4 is 5.01 Å². The van der Waals surface area contributed by atoms with E-state index in [9.17, 15) is 9.59 Å². The largest absolute Gasteiger partial charge is 0.298 e. The summed E-state index contributed by atoms with van der Waals surface area (Å²) in [5, 5.41) is 5.56. The first kappa shape index (κ1) is 17.7. The molecule has 3 heterocycles. The lowest BCUT2D eigenvalue weighted by atomic mass is 9.93. The molecule has 1 atom stereocenters. The van der Waals surface area contributed by atoms with Crippen LogP contribution in [0.25, 0.3) is 11.3 Å². The Morgan fingerprint density at radius 2 is 1.89 bits per heavy atom. The molecule has 2 aromatic heterocycles. The van der Waals surface area contributed by atoms with Gasteiger partial charge in [0, 0.05) is 36.8 Å². The molecule has 0 bridgehead atoms. The first-order chi connectivity index (χ1) is 13.6. The van der Waals surface area contributed by atoms with Crippen LogP contribution in [0.2, 0.25) is 0 Å². The van der Waals surface area contributed by atoms with Crippen LogP contribution in [0.1, 0.15) is 12.5 Å². The number of amides is 1. The van der Waals surface area contributed by atoms with Gasteiger partial charge in [-0.25, -0.2) is 0 Å². The minimum atomic E-state index is -0.867. The zero-order valence-electron chi connectivity index (χ0n) is 15.2. The Balaban J connectivity index is 1.53. The highest BCUT2D eigenvalue weighted by molar-refractivity contribution is 6.27. The van der Waals surface area contributed by atoms with Crippen molar-refractivity contribution in [2.75, 3.05) is 5.01 Å². The minimum Gasteiger partial charge on any atom is -0.298 e. The number of nitrogens with zero attached hydrogens (tertiary/aromatic N) is 5. The predicted octanol–water partition coefficient (Wildman–Crippen LogP) is 2.69. The van der Waals surface area contributed by atoms with E-state index in [4.69, 9.17) is 0 Å². The lowest BCUT2D eigenvalue weighted by Gasteiger charge is -2.13. The monoisotopic (exact) mass is 371 g/mol. The number of hydrogen-bond acceptors (Lipinski definition) is 6. The van der Waals surface area contributed by atoms with Crippen molar-refractivity contribution >= 4 is 23.1 Å². The summed E-state index contributed by atoms with van der Waals surface area (Å²) >= 11 is 0. The molecule has 7 nitrogen and oxygen atoms in total. The van der Waals surface area contributed by atoms with Crippen LogP contribution in [0, 0.1) is 5.92 Å². The van der Waals surface area contributed by atoms with E-state index in [2.05, 4.69) is 20.1 Å². The highest BCUT2D eigenvalue weighted by Crippen LogP contribution is 2.25. The first-order valence-corrected chi connectivity index (χ1v) is 8.80. The van der Waals surface area contributed by atoms with E-state index in [0.717, 1.165) is 16.8 Å². The lowest BCUT2D eigenvalue weighted by Crippen LogP contribution is -2.33. The van der Waals surface area contributed by atoms with Crippen molar-refractivity contribution in [2.24, 2.45) is 11.0 Å². The van der Waals surface area contributed by atoms with Crippen molar-refractivity contribution in [2.45, 2.75) is 13.3 Å². The average Bonchev–Trinajstić information content (AvgIpc) is 3.03. The van der Waals surface area contributed by atoms with E-state index in [-0.39, 0.29) is 18.1 Å². The van der Waals surface area contributed by atoms with Crippen LogP contribution in [-0.2, 0) is 16.0 Å². The number of rotatable bonds is 5. The molecule has 1 aliphatic rings. The Labute approximate surface area is 161 Å². The Bertz CT molecular complexity index is 1050. The van der Waals surface area contributed by atoms with Crippen LogP contribution in [0.3, 0.4) is 0 Å². The van der Waals surface area contributed by atoms with E-state index in [1.165, 1.54) is 5.01 Å². The zero-order chi connectivity index (χ0) is 19.5. The van der Waals surface area contributed by atoms with E-state index < -0.39 is 5.92 Å². The minimum absolute atomic E-state index is 0.140. The van der Waals surface area contributed by atoms with Gasteiger partial charge in [0.25, 0.3) is 5.91 Å². The fourth-order valence-electron chi connectivity index (χ4n) is 3.20. The standard InChI is InChI=1S/C21H17N5O2/c1-14-20(21(28)26(25-14)17-5-7-22-8-6-17)19(27)12-15-3-2-4-16(11-15)18-13-23-9-10-24-18/h2-11,13,20H,12H2,1H3. The molecule has 0 fully saturated rings. The molecule has 1 amide bonds. The molecule has 28 heavy (non-hydrogen) atoms. The zero-order valence-corrected chi connectivity index (χ0v) is 15.2. The van der Waals surface area contributed by atoms with Gasteiger partial charge < -0.3 is 0 Å². The molecule has 0 saturated heterocycles. The number of carbonyl (C=O) groups excluding carboxylic acids is 2. The molecule has 7 heteroatoms. The third-order valence-electron chi connectivity index (χ3n) is 4.52. The molecule has 1 aliphatic heterocycles. The second-order valence-electron chi connectivity index (χ2n) is 6.46. The molecule has 1 unspecified atom stereocenters. The number of aromatic nitrogens is 3. The van der Waals surface area contributed by atoms with Crippen LogP contribution in [0.15, 0.2) is 72.5 Å². The normalized spacial score (nSPS) is 16.2. The summed E-state index contributed by atoms with van der Waals surface area (Å²) in [5.74, 6) is -1.38. The van der Waals surface area contributed by atoms with Gasteiger partial charge in [-0.05, 0) is 30.7 Å². The van der Waals surface area contributed by atoms with E-state index in [1.54, 1.807) is 50.0 Å². The number of ketones is 1. The Kier molecular flexibility index (Phi) is 4.72. The number of carbonyl (C=O) groups is 2. The maximum atomic E-state index is 12.9. The average molecular weight is 371 g/mol. The van der Waals surface area contributed by atoms with Crippen LogP contribution in [0.4, 0.5) is 5.69 Å². The number of anilines is 1. The summed E-state index contributed by atoms with van der Waals surface area (Å²) in [6.45, 7) is 1.71. The summed E-state index contributed by atoms with van der Waals surface area (Å²) in [6, 6.07) is 10.9. The van der Waals surface area contributed by atoms with Gasteiger partial charge in [0.15, 0.2) is 5.78 Å². The molecule has 0 spiro atoms.